The summed E-state index contributed by atoms with van der Waals surface area (Å²) in [6.45, 7) is 0.399. The zero-order valence-electron chi connectivity index (χ0n) is 15.4. The van der Waals surface area contributed by atoms with Crippen molar-refractivity contribution in [2.45, 2.75) is 17.4 Å². The third-order valence-electron chi connectivity index (χ3n) is 5.00. The molecule has 0 spiro atoms. The third-order valence-corrected chi connectivity index (χ3v) is 6.34. The lowest BCUT2D eigenvalue weighted by Gasteiger charge is -2.27. The standard InChI is InChI=1S/C20H19ClN2O4S/c1-23-17-10-13(21)4-3-12(17)9-18(23)20(24)22-16-7-8-27-19-11-14(28(2,25)26)5-6-15(16)19/h3-6,9-11,16H,7-8H2,1-2H3,(H,22,24). The zero-order valence-corrected chi connectivity index (χ0v) is 17.0. The molecular weight excluding hydrogens is 400 g/mol. The SMILES string of the molecule is Cn1c(C(=O)NC2CCOc3cc(S(C)(=O)=O)ccc32)cc2ccc(Cl)cc21. The van der Waals surface area contributed by atoms with Crippen molar-refractivity contribution in [3.05, 3.63) is 58.7 Å². The molecule has 0 saturated heterocycles. The second-order valence-corrected chi connectivity index (χ2v) is 9.38. The average molecular weight is 419 g/mol. The number of nitrogens with zero attached hydrogens (tertiary/aromatic N) is 1. The van der Waals surface area contributed by atoms with E-state index >= 15 is 0 Å². The molecule has 0 fully saturated rings. The summed E-state index contributed by atoms with van der Waals surface area (Å²) in [6, 6.07) is 11.8. The van der Waals surface area contributed by atoms with Gasteiger partial charge in [0.15, 0.2) is 9.84 Å². The summed E-state index contributed by atoms with van der Waals surface area (Å²) in [5.41, 5.74) is 2.18. The number of nitrogens with one attached hydrogen (secondary N) is 1. The van der Waals surface area contributed by atoms with Crippen LogP contribution in [-0.2, 0) is 16.9 Å². The lowest BCUT2D eigenvalue weighted by Crippen LogP contribution is -2.33. The van der Waals surface area contributed by atoms with Gasteiger partial charge in [0.05, 0.1) is 17.5 Å². The van der Waals surface area contributed by atoms with Gasteiger partial charge in [0.25, 0.3) is 5.91 Å². The summed E-state index contributed by atoms with van der Waals surface area (Å²) in [6.07, 6.45) is 1.76. The minimum atomic E-state index is -3.33. The molecule has 2 heterocycles. The molecule has 1 unspecified atom stereocenters. The lowest BCUT2D eigenvalue weighted by atomic mass is 10.0. The van der Waals surface area contributed by atoms with Crippen LogP contribution in [-0.4, -0.2) is 31.8 Å². The predicted octanol–water partition coefficient (Wildman–Crippen LogP) is 3.49. The Balaban J connectivity index is 1.64. The number of aromatic nitrogens is 1. The van der Waals surface area contributed by atoms with Crippen molar-refractivity contribution in [3.8, 4) is 5.75 Å². The largest absolute Gasteiger partial charge is 0.493 e. The van der Waals surface area contributed by atoms with Crippen molar-refractivity contribution in [2.75, 3.05) is 12.9 Å². The molecule has 0 radical (unpaired) electrons. The normalized spacial score (nSPS) is 16.5. The molecule has 1 aliphatic rings. The Morgan fingerprint density at radius 1 is 1.21 bits per heavy atom. The van der Waals surface area contributed by atoms with Crippen molar-refractivity contribution in [1.29, 1.82) is 0 Å². The van der Waals surface area contributed by atoms with E-state index in [1.165, 1.54) is 6.07 Å². The van der Waals surface area contributed by atoms with Crippen molar-refractivity contribution < 1.29 is 17.9 Å². The van der Waals surface area contributed by atoms with Gasteiger partial charge >= 0.3 is 0 Å². The molecule has 3 aromatic rings. The van der Waals surface area contributed by atoms with Gasteiger partial charge < -0.3 is 14.6 Å². The van der Waals surface area contributed by atoms with Crippen LogP contribution >= 0.6 is 11.6 Å². The smallest absolute Gasteiger partial charge is 0.268 e. The van der Waals surface area contributed by atoms with Crippen molar-refractivity contribution in [1.82, 2.24) is 9.88 Å². The Morgan fingerprint density at radius 2 is 2.00 bits per heavy atom. The molecule has 1 atom stereocenters. The van der Waals surface area contributed by atoms with E-state index in [1.54, 1.807) is 18.2 Å². The Labute approximate surface area is 168 Å². The summed E-state index contributed by atoms with van der Waals surface area (Å²) >= 11 is 6.07. The maximum absolute atomic E-state index is 12.9. The van der Waals surface area contributed by atoms with Crippen molar-refractivity contribution in [3.63, 3.8) is 0 Å². The third kappa shape index (κ3) is 3.36. The number of hydrogen-bond acceptors (Lipinski definition) is 4. The number of halogens is 1. The highest BCUT2D eigenvalue weighted by atomic mass is 35.5. The van der Waals surface area contributed by atoms with E-state index in [9.17, 15) is 13.2 Å². The first-order valence-corrected chi connectivity index (χ1v) is 11.0. The maximum Gasteiger partial charge on any atom is 0.268 e. The molecule has 0 saturated carbocycles. The van der Waals surface area contributed by atoms with E-state index in [2.05, 4.69) is 5.32 Å². The van der Waals surface area contributed by atoms with Gasteiger partial charge in [-0.05, 0) is 30.3 Å². The van der Waals surface area contributed by atoms with Crippen molar-refractivity contribution in [2.24, 2.45) is 7.05 Å². The quantitative estimate of drug-likeness (QED) is 0.706. The molecule has 2 aromatic carbocycles. The van der Waals surface area contributed by atoms with E-state index < -0.39 is 9.84 Å². The Morgan fingerprint density at radius 3 is 2.75 bits per heavy atom. The summed E-state index contributed by atoms with van der Waals surface area (Å²) in [5.74, 6) is 0.281. The van der Waals surface area contributed by atoms with Crippen LogP contribution in [0.4, 0.5) is 0 Å². The highest BCUT2D eigenvalue weighted by Gasteiger charge is 2.26. The molecule has 0 aliphatic carbocycles. The molecule has 8 heteroatoms. The minimum Gasteiger partial charge on any atom is -0.493 e. The van der Waals surface area contributed by atoms with Crippen LogP contribution in [0.25, 0.3) is 10.9 Å². The van der Waals surface area contributed by atoms with Crippen LogP contribution in [0, 0.1) is 0 Å². The van der Waals surface area contributed by atoms with Gasteiger partial charge in [-0.2, -0.15) is 0 Å². The first kappa shape index (κ1) is 18.8. The molecule has 146 valence electrons. The van der Waals surface area contributed by atoms with Crippen LogP contribution in [0.2, 0.25) is 5.02 Å². The summed E-state index contributed by atoms with van der Waals surface area (Å²) in [7, 11) is -1.50. The number of benzene rings is 2. The van der Waals surface area contributed by atoms with E-state index in [4.69, 9.17) is 16.3 Å². The van der Waals surface area contributed by atoms with E-state index in [1.807, 2.05) is 29.8 Å². The van der Waals surface area contributed by atoms with E-state index in [0.29, 0.717) is 29.5 Å². The molecule has 1 aliphatic heterocycles. The second-order valence-electron chi connectivity index (χ2n) is 6.93. The van der Waals surface area contributed by atoms with Crippen LogP contribution in [0.1, 0.15) is 28.5 Å². The monoisotopic (exact) mass is 418 g/mol. The fourth-order valence-electron chi connectivity index (χ4n) is 3.50. The Kier molecular flexibility index (Phi) is 4.59. The van der Waals surface area contributed by atoms with Gasteiger partial charge in [-0.15, -0.1) is 0 Å². The molecule has 0 bridgehead atoms. The minimum absolute atomic E-state index is 0.198. The molecule has 1 N–H and O–H groups in total. The fraction of sp³-hybridized carbons (Fsp3) is 0.250. The van der Waals surface area contributed by atoms with Crippen molar-refractivity contribution >= 4 is 38.2 Å². The number of carbonyl (C=O) groups is 1. The molecule has 6 nitrogen and oxygen atoms in total. The van der Waals surface area contributed by atoms with Gasteiger partial charge in [-0.25, -0.2) is 8.42 Å². The summed E-state index contributed by atoms with van der Waals surface area (Å²) in [4.78, 5) is 13.1. The van der Waals surface area contributed by atoms with E-state index in [-0.39, 0.29) is 16.8 Å². The van der Waals surface area contributed by atoms with Gasteiger partial charge in [0.1, 0.15) is 11.4 Å². The maximum atomic E-state index is 12.9. The second kappa shape index (κ2) is 6.83. The molecule has 28 heavy (non-hydrogen) atoms. The van der Waals surface area contributed by atoms with Crippen LogP contribution in [0.15, 0.2) is 47.4 Å². The number of rotatable bonds is 3. The van der Waals surface area contributed by atoms with Crippen LogP contribution < -0.4 is 10.1 Å². The highest BCUT2D eigenvalue weighted by Crippen LogP contribution is 2.34. The van der Waals surface area contributed by atoms with Gasteiger partial charge in [-0.1, -0.05) is 23.7 Å². The Bertz CT molecular complexity index is 1200. The number of aryl methyl sites for hydroxylation is 1. The zero-order chi connectivity index (χ0) is 20.1. The van der Waals surface area contributed by atoms with Crippen LogP contribution in [0.5, 0.6) is 5.75 Å². The number of carbonyl (C=O) groups excluding carboxylic acids is 1. The molecular formula is C20H19ClN2O4S. The molecule has 1 aromatic heterocycles. The topological polar surface area (TPSA) is 77.4 Å². The molecule has 4 rings (SSSR count). The number of ether oxygens (including phenoxy) is 1. The first-order chi connectivity index (χ1) is 13.2. The average Bonchev–Trinajstić information content (AvgIpc) is 2.97. The summed E-state index contributed by atoms with van der Waals surface area (Å²) in [5, 5.41) is 4.59. The highest BCUT2D eigenvalue weighted by molar-refractivity contribution is 7.90. The first-order valence-electron chi connectivity index (χ1n) is 8.77. The van der Waals surface area contributed by atoms with E-state index in [0.717, 1.165) is 22.7 Å². The fourth-order valence-corrected chi connectivity index (χ4v) is 4.31. The number of hydrogen-bond donors (Lipinski definition) is 1. The van der Waals surface area contributed by atoms with Gasteiger partial charge in [-0.3, -0.25) is 4.79 Å². The van der Waals surface area contributed by atoms with Gasteiger partial charge in [0.2, 0.25) is 0 Å². The predicted molar refractivity (Wildman–Crippen MR) is 108 cm³/mol. The summed E-state index contributed by atoms with van der Waals surface area (Å²) < 4.78 is 31.0. The number of sulfone groups is 1. The van der Waals surface area contributed by atoms with Gasteiger partial charge in [0, 0.05) is 41.2 Å². The Hall–Kier alpha value is -2.51. The number of fused-ring (bicyclic) bond motifs is 2. The van der Waals surface area contributed by atoms with Crippen LogP contribution in [0.3, 0.4) is 0 Å². The molecule has 1 amide bonds. The lowest BCUT2D eigenvalue weighted by molar-refractivity contribution is 0.0917. The number of amides is 1.